The van der Waals surface area contributed by atoms with Crippen LogP contribution in [0, 0.1) is 11.7 Å². The summed E-state index contributed by atoms with van der Waals surface area (Å²) < 4.78 is 14.7. The Balaban J connectivity index is 1.57. The van der Waals surface area contributed by atoms with E-state index in [9.17, 15) is 23.6 Å². The number of piperidine rings is 2. The lowest BCUT2D eigenvalue weighted by atomic mass is 9.97. The van der Waals surface area contributed by atoms with Crippen LogP contribution in [0.15, 0.2) is 12.1 Å². The molecule has 3 amide bonds. The van der Waals surface area contributed by atoms with Crippen molar-refractivity contribution < 1.29 is 23.6 Å². The van der Waals surface area contributed by atoms with Crippen molar-refractivity contribution in [2.75, 3.05) is 18.0 Å². The Hall–Kier alpha value is -2.77. The molecule has 3 aliphatic rings. The highest BCUT2D eigenvalue weighted by Gasteiger charge is 2.40. The van der Waals surface area contributed by atoms with Crippen molar-refractivity contribution in [1.29, 1.82) is 0 Å². The molecule has 0 aromatic heterocycles. The van der Waals surface area contributed by atoms with E-state index in [0.717, 1.165) is 6.29 Å². The Bertz CT molecular complexity index is 832. The van der Waals surface area contributed by atoms with Crippen molar-refractivity contribution in [3.63, 3.8) is 0 Å². The molecule has 2 saturated heterocycles. The predicted molar refractivity (Wildman–Crippen MR) is 93.4 cm³/mol. The third kappa shape index (κ3) is 3.09. The van der Waals surface area contributed by atoms with Gasteiger partial charge in [-0.25, -0.2) is 4.39 Å². The van der Waals surface area contributed by atoms with E-state index in [4.69, 9.17) is 0 Å². The average molecular weight is 373 g/mol. The molecule has 1 atom stereocenters. The van der Waals surface area contributed by atoms with E-state index in [0.29, 0.717) is 31.6 Å². The standard InChI is InChI=1S/C19H20FN3O4/c20-15-8-12(22-5-3-11(10-24)4-6-22)7-13-14(15)9-23(19(13)27)16-1-2-17(25)21-18(16)26/h7-8,10-11,16H,1-6,9H2,(H,21,25,26). The van der Waals surface area contributed by atoms with Crippen LogP contribution in [-0.4, -0.2) is 48.0 Å². The molecule has 1 unspecified atom stereocenters. The molecular weight excluding hydrogens is 353 g/mol. The van der Waals surface area contributed by atoms with E-state index in [1.165, 1.54) is 11.0 Å². The van der Waals surface area contributed by atoms with Crippen LogP contribution in [0.4, 0.5) is 10.1 Å². The summed E-state index contributed by atoms with van der Waals surface area (Å²) in [5.74, 6) is -1.69. The number of hydrogen-bond acceptors (Lipinski definition) is 5. The molecule has 0 aliphatic carbocycles. The van der Waals surface area contributed by atoms with Crippen LogP contribution in [-0.2, 0) is 20.9 Å². The first-order chi connectivity index (χ1) is 13.0. The lowest BCUT2D eigenvalue weighted by molar-refractivity contribution is -0.137. The summed E-state index contributed by atoms with van der Waals surface area (Å²) in [4.78, 5) is 50.5. The predicted octanol–water partition coefficient (Wildman–Crippen LogP) is 1.00. The maximum Gasteiger partial charge on any atom is 0.255 e. The van der Waals surface area contributed by atoms with Crippen LogP contribution in [0.25, 0.3) is 0 Å². The summed E-state index contributed by atoms with van der Waals surface area (Å²) in [6, 6.07) is 2.34. The van der Waals surface area contributed by atoms with Gasteiger partial charge in [0.2, 0.25) is 11.8 Å². The second-order valence-corrected chi connectivity index (χ2v) is 7.31. The second-order valence-electron chi connectivity index (χ2n) is 7.31. The average Bonchev–Trinajstić information content (AvgIpc) is 2.99. The lowest BCUT2D eigenvalue weighted by Crippen LogP contribution is -2.52. The number of amides is 3. The summed E-state index contributed by atoms with van der Waals surface area (Å²) in [6.45, 7) is 1.29. The normalized spacial score (nSPS) is 23.4. The van der Waals surface area contributed by atoms with Crippen LogP contribution < -0.4 is 10.2 Å². The topological polar surface area (TPSA) is 86.8 Å². The molecule has 1 N–H and O–H groups in total. The SMILES string of the molecule is O=CC1CCN(c2cc(F)c3c(c2)C(=O)N(C2CCC(=O)NC2=O)C3)CC1. The number of carbonyl (C=O) groups excluding carboxylic acids is 4. The van der Waals surface area contributed by atoms with E-state index < -0.39 is 17.8 Å². The summed E-state index contributed by atoms with van der Waals surface area (Å²) in [5, 5.41) is 2.24. The molecule has 0 saturated carbocycles. The molecule has 1 aromatic carbocycles. The molecule has 3 heterocycles. The maximum atomic E-state index is 14.7. The monoisotopic (exact) mass is 373 g/mol. The number of rotatable bonds is 3. The van der Waals surface area contributed by atoms with E-state index in [1.807, 2.05) is 4.90 Å². The van der Waals surface area contributed by atoms with E-state index in [2.05, 4.69) is 5.32 Å². The van der Waals surface area contributed by atoms with E-state index in [-0.39, 0.29) is 48.2 Å². The molecule has 2 fully saturated rings. The van der Waals surface area contributed by atoms with Crippen molar-refractivity contribution in [2.24, 2.45) is 5.92 Å². The van der Waals surface area contributed by atoms with Crippen LogP contribution in [0.3, 0.4) is 0 Å². The van der Waals surface area contributed by atoms with Gasteiger partial charge >= 0.3 is 0 Å². The Morgan fingerprint density at radius 2 is 1.85 bits per heavy atom. The van der Waals surface area contributed by atoms with Crippen molar-refractivity contribution in [2.45, 2.75) is 38.3 Å². The smallest absolute Gasteiger partial charge is 0.255 e. The van der Waals surface area contributed by atoms with Crippen LogP contribution in [0.2, 0.25) is 0 Å². The molecule has 0 spiro atoms. The third-order valence-electron chi connectivity index (χ3n) is 5.68. The zero-order chi connectivity index (χ0) is 19.1. The summed E-state index contributed by atoms with van der Waals surface area (Å²) in [7, 11) is 0. The minimum atomic E-state index is -0.756. The molecule has 8 heteroatoms. The lowest BCUT2D eigenvalue weighted by Gasteiger charge is -2.31. The second kappa shape index (κ2) is 6.75. The number of fused-ring (bicyclic) bond motifs is 1. The molecule has 1 aromatic rings. The van der Waals surface area contributed by atoms with Crippen LogP contribution in [0.1, 0.15) is 41.6 Å². The summed E-state index contributed by atoms with van der Waals surface area (Å²) in [6.07, 6.45) is 2.78. The number of aldehydes is 1. The maximum absolute atomic E-state index is 14.7. The fourth-order valence-corrected chi connectivity index (χ4v) is 4.08. The van der Waals surface area contributed by atoms with Crippen molar-refractivity contribution in [1.82, 2.24) is 10.2 Å². The minimum Gasteiger partial charge on any atom is -0.371 e. The molecule has 27 heavy (non-hydrogen) atoms. The van der Waals surface area contributed by atoms with Crippen LogP contribution >= 0.6 is 0 Å². The van der Waals surface area contributed by atoms with E-state index in [1.54, 1.807) is 6.07 Å². The number of benzene rings is 1. The van der Waals surface area contributed by atoms with Gasteiger partial charge in [-0.2, -0.15) is 0 Å². The molecule has 7 nitrogen and oxygen atoms in total. The molecule has 4 rings (SSSR count). The number of nitrogens with one attached hydrogen (secondary N) is 1. The first-order valence-electron chi connectivity index (χ1n) is 9.15. The molecular formula is C19H20FN3O4. The highest BCUT2D eigenvalue weighted by atomic mass is 19.1. The van der Waals surface area contributed by atoms with Crippen molar-refractivity contribution in [3.05, 3.63) is 29.1 Å². The Morgan fingerprint density at radius 1 is 1.11 bits per heavy atom. The fraction of sp³-hybridized carbons (Fsp3) is 0.474. The summed E-state index contributed by atoms with van der Waals surface area (Å²) >= 11 is 0. The van der Waals surface area contributed by atoms with Gasteiger partial charge in [0.25, 0.3) is 5.91 Å². The van der Waals surface area contributed by atoms with Gasteiger partial charge in [-0.15, -0.1) is 0 Å². The molecule has 0 bridgehead atoms. The number of hydrogen-bond donors (Lipinski definition) is 1. The molecule has 0 radical (unpaired) electrons. The van der Waals surface area contributed by atoms with Gasteiger partial charge in [0.1, 0.15) is 18.1 Å². The first-order valence-corrected chi connectivity index (χ1v) is 9.15. The zero-order valence-corrected chi connectivity index (χ0v) is 14.7. The Labute approximate surface area is 155 Å². The van der Waals surface area contributed by atoms with Gasteiger partial charge in [0.05, 0.1) is 6.54 Å². The van der Waals surface area contributed by atoms with Crippen LogP contribution in [0.5, 0.6) is 0 Å². The van der Waals surface area contributed by atoms with Gasteiger partial charge in [-0.3, -0.25) is 19.7 Å². The highest BCUT2D eigenvalue weighted by Crippen LogP contribution is 2.33. The van der Waals surface area contributed by atoms with Gasteiger partial charge in [0, 0.05) is 42.2 Å². The number of halogens is 1. The molecule has 142 valence electrons. The van der Waals surface area contributed by atoms with Gasteiger partial charge in [0.15, 0.2) is 0 Å². The van der Waals surface area contributed by atoms with Crippen molar-refractivity contribution >= 4 is 29.7 Å². The number of imide groups is 1. The first kappa shape index (κ1) is 17.6. The number of nitrogens with zero attached hydrogens (tertiary/aromatic N) is 2. The van der Waals surface area contributed by atoms with Gasteiger partial charge in [-0.05, 0) is 31.4 Å². The largest absolute Gasteiger partial charge is 0.371 e. The fourth-order valence-electron chi connectivity index (χ4n) is 4.08. The van der Waals surface area contributed by atoms with Gasteiger partial charge in [-0.1, -0.05) is 0 Å². The third-order valence-corrected chi connectivity index (χ3v) is 5.68. The van der Waals surface area contributed by atoms with Crippen molar-refractivity contribution in [3.8, 4) is 0 Å². The Morgan fingerprint density at radius 3 is 2.52 bits per heavy atom. The Kier molecular flexibility index (Phi) is 4.41. The zero-order valence-electron chi connectivity index (χ0n) is 14.7. The number of carbonyl (C=O) groups is 4. The quantitative estimate of drug-likeness (QED) is 0.631. The summed E-state index contributed by atoms with van der Waals surface area (Å²) in [5.41, 5.74) is 1.18. The van der Waals surface area contributed by atoms with E-state index >= 15 is 0 Å². The minimum absolute atomic E-state index is 0.0276. The number of anilines is 1. The van der Waals surface area contributed by atoms with Gasteiger partial charge < -0.3 is 14.6 Å². The molecule has 3 aliphatic heterocycles. The highest BCUT2D eigenvalue weighted by molar-refractivity contribution is 6.05.